The topological polar surface area (TPSA) is 75.5 Å². The maximum atomic E-state index is 12.1. The number of hydrazine groups is 1. The summed E-state index contributed by atoms with van der Waals surface area (Å²) in [5, 5.41) is 3.60. The van der Waals surface area contributed by atoms with Gasteiger partial charge in [0, 0.05) is 6.04 Å². The lowest BCUT2D eigenvalue weighted by atomic mass is 10.3. The molecule has 0 atom stereocenters. The van der Waals surface area contributed by atoms with Crippen LogP contribution in [-0.2, 0) is 6.61 Å². The highest BCUT2D eigenvalue weighted by Crippen LogP contribution is 2.17. The standard InChI is InChI=1S/C18H21N3O3S/c22-17(20-21-18(25)19-13-6-4-5-7-13)16-11-10-15(24-16)12-23-14-8-2-1-3-9-14/h1-3,8-11,13H,4-7,12H2,(H,20,22)(H2,19,21,25). The molecule has 6 nitrogen and oxygen atoms in total. The highest BCUT2D eigenvalue weighted by Gasteiger charge is 2.16. The number of hydrogen-bond donors (Lipinski definition) is 3. The van der Waals surface area contributed by atoms with Gasteiger partial charge < -0.3 is 14.5 Å². The Labute approximate surface area is 151 Å². The van der Waals surface area contributed by atoms with Crippen LogP contribution in [-0.4, -0.2) is 17.1 Å². The molecule has 1 fully saturated rings. The van der Waals surface area contributed by atoms with E-state index in [0.29, 0.717) is 16.9 Å². The molecule has 2 aromatic rings. The molecular weight excluding hydrogens is 338 g/mol. The molecule has 132 valence electrons. The number of hydrogen-bond acceptors (Lipinski definition) is 4. The third-order valence-electron chi connectivity index (χ3n) is 3.99. The van der Waals surface area contributed by atoms with Crippen molar-refractivity contribution >= 4 is 23.2 Å². The Morgan fingerprint density at radius 3 is 2.64 bits per heavy atom. The van der Waals surface area contributed by atoms with Gasteiger partial charge in [0.25, 0.3) is 0 Å². The van der Waals surface area contributed by atoms with Gasteiger partial charge in [-0.05, 0) is 49.3 Å². The Balaban J connectivity index is 1.43. The van der Waals surface area contributed by atoms with Crippen molar-refractivity contribution in [3.05, 3.63) is 54.0 Å². The highest BCUT2D eigenvalue weighted by atomic mass is 32.1. The molecule has 0 spiro atoms. The number of amides is 1. The first kappa shape index (κ1) is 17.3. The molecule has 1 aromatic carbocycles. The first-order chi connectivity index (χ1) is 12.2. The Hall–Kier alpha value is -2.54. The van der Waals surface area contributed by atoms with Crippen LogP contribution in [0.3, 0.4) is 0 Å². The zero-order valence-corrected chi connectivity index (χ0v) is 14.6. The molecule has 1 saturated carbocycles. The first-order valence-corrected chi connectivity index (χ1v) is 8.75. The molecule has 25 heavy (non-hydrogen) atoms. The average Bonchev–Trinajstić information content (AvgIpc) is 3.30. The monoisotopic (exact) mass is 359 g/mol. The van der Waals surface area contributed by atoms with Crippen LogP contribution in [0.15, 0.2) is 46.9 Å². The Morgan fingerprint density at radius 2 is 1.88 bits per heavy atom. The van der Waals surface area contributed by atoms with E-state index in [1.165, 1.54) is 12.8 Å². The van der Waals surface area contributed by atoms with Crippen molar-refractivity contribution in [2.75, 3.05) is 0 Å². The molecule has 3 rings (SSSR count). The first-order valence-electron chi connectivity index (χ1n) is 8.34. The maximum Gasteiger partial charge on any atom is 0.305 e. The van der Waals surface area contributed by atoms with E-state index >= 15 is 0 Å². The fourth-order valence-electron chi connectivity index (χ4n) is 2.72. The predicted octanol–water partition coefficient (Wildman–Crippen LogP) is 2.91. The van der Waals surface area contributed by atoms with Gasteiger partial charge in [0.1, 0.15) is 18.1 Å². The van der Waals surface area contributed by atoms with Crippen LogP contribution >= 0.6 is 12.2 Å². The van der Waals surface area contributed by atoms with Gasteiger partial charge in [0.2, 0.25) is 0 Å². The number of thiocarbonyl (C=S) groups is 1. The third-order valence-corrected chi connectivity index (χ3v) is 4.21. The van der Waals surface area contributed by atoms with Crippen LogP contribution in [0.4, 0.5) is 0 Å². The van der Waals surface area contributed by atoms with Crippen molar-refractivity contribution in [2.24, 2.45) is 0 Å². The Bertz CT molecular complexity index is 711. The molecule has 3 N–H and O–H groups in total. The average molecular weight is 359 g/mol. The predicted molar refractivity (Wildman–Crippen MR) is 98.1 cm³/mol. The molecule has 1 amide bonds. The summed E-state index contributed by atoms with van der Waals surface area (Å²) >= 11 is 5.17. The molecule has 0 aliphatic heterocycles. The summed E-state index contributed by atoms with van der Waals surface area (Å²) in [5.74, 6) is 1.12. The van der Waals surface area contributed by atoms with Gasteiger partial charge in [-0.25, -0.2) is 0 Å². The molecule has 1 aliphatic rings. The van der Waals surface area contributed by atoms with Crippen molar-refractivity contribution in [3.63, 3.8) is 0 Å². The molecule has 1 heterocycles. The van der Waals surface area contributed by atoms with E-state index in [0.717, 1.165) is 18.6 Å². The van der Waals surface area contributed by atoms with Gasteiger partial charge in [0.15, 0.2) is 10.9 Å². The number of benzene rings is 1. The molecule has 0 radical (unpaired) electrons. The number of furan rings is 1. The zero-order chi connectivity index (χ0) is 17.5. The lowest BCUT2D eigenvalue weighted by molar-refractivity contribution is 0.0911. The summed E-state index contributed by atoms with van der Waals surface area (Å²) in [6, 6.07) is 13.1. The molecular formula is C18H21N3O3S. The molecule has 0 unspecified atom stereocenters. The van der Waals surface area contributed by atoms with Gasteiger partial charge in [-0.15, -0.1) is 0 Å². The fraction of sp³-hybridized carbons (Fsp3) is 0.333. The van der Waals surface area contributed by atoms with Crippen LogP contribution in [0.1, 0.15) is 42.0 Å². The minimum Gasteiger partial charge on any atom is -0.486 e. The quantitative estimate of drug-likeness (QED) is 0.563. The second-order valence-electron chi connectivity index (χ2n) is 5.90. The number of carbonyl (C=O) groups is 1. The lowest BCUT2D eigenvalue weighted by Gasteiger charge is -2.15. The summed E-state index contributed by atoms with van der Waals surface area (Å²) in [7, 11) is 0. The highest BCUT2D eigenvalue weighted by molar-refractivity contribution is 7.80. The number of carbonyl (C=O) groups excluding carboxylic acids is 1. The van der Waals surface area contributed by atoms with Crippen LogP contribution in [0.25, 0.3) is 0 Å². The molecule has 0 saturated heterocycles. The van der Waals surface area contributed by atoms with Crippen LogP contribution in [0.5, 0.6) is 5.75 Å². The Morgan fingerprint density at radius 1 is 1.12 bits per heavy atom. The lowest BCUT2D eigenvalue weighted by Crippen LogP contribution is -2.49. The van der Waals surface area contributed by atoms with Crippen molar-refractivity contribution in [1.29, 1.82) is 0 Å². The molecule has 7 heteroatoms. The summed E-state index contributed by atoms with van der Waals surface area (Å²) in [6.45, 7) is 0.256. The minimum absolute atomic E-state index is 0.197. The van der Waals surface area contributed by atoms with Gasteiger partial charge >= 0.3 is 5.91 Å². The van der Waals surface area contributed by atoms with E-state index in [2.05, 4.69) is 16.2 Å². The number of ether oxygens (including phenoxy) is 1. The SMILES string of the molecule is O=C(NNC(=S)NC1CCCC1)c1ccc(COc2ccccc2)o1. The van der Waals surface area contributed by atoms with E-state index in [-0.39, 0.29) is 18.3 Å². The van der Waals surface area contributed by atoms with E-state index in [1.807, 2.05) is 30.3 Å². The van der Waals surface area contributed by atoms with Crippen molar-refractivity contribution in [1.82, 2.24) is 16.2 Å². The van der Waals surface area contributed by atoms with Crippen LogP contribution < -0.4 is 20.9 Å². The van der Waals surface area contributed by atoms with Crippen molar-refractivity contribution < 1.29 is 13.9 Å². The van der Waals surface area contributed by atoms with Crippen LogP contribution in [0, 0.1) is 0 Å². The largest absolute Gasteiger partial charge is 0.486 e. The van der Waals surface area contributed by atoms with E-state index in [9.17, 15) is 4.79 Å². The second kappa shape index (κ2) is 8.53. The van der Waals surface area contributed by atoms with Crippen LogP contribution in [0.2, 0.25) is 0 Å². The minimum atomic E-state index is -0.387. The molecule has 1 aromatic heterocycles. The van der Waals surface area contributed by atoms with E-state index in [1.54, 1.807) is 12.1 Å². The van der Waals surface area contributed by atoms with Gasteiger partial charge in [-0.3, -0.25) is 15.6 Å². The number of nitrogens with one attached hydrogen (secondary N) is 3. The summed E-state index contributed by atoms with van der Waals surface area (Å²) in [4.78, 5) is 12.1. The zero-order valence-electron chi connectivity index (χ0n) is 13.8. The summed E-state index contributed by atoms with van der Waals surface area (Å²) in [5.41, 5.74) is 5.24. The van der Waals surface area contributed by atoms with Crippen molar-refractivity contribution in [3.8, 4) is 5.75 Å². The smallest absolute Gasteiger partial charge is 0.305 e. The van der Waals surface area contributed by atoms with Gasteiger partial charge in [-0.1, -0.05) is 31.0 Å². The summed E-state index contributed by atoms with van der Waals surface area (Å²) in [6.07, 6.45) is 4.65. The molecule has 1 aliphatic carbocycles. The van der Waals surface area contributed by atoms with E-state index < -0.39 is 0 Å². The molecule has 0 bridgehead atoms. The van der Waals surface area contributed by atoms with Crippen molar-refractivity contribution in [2.45, 2.75) is 38.3 Å². The fourth-order valence-corrected chi connectivity index (χ4v) is 2.93. The Kier molecular flexibility index (Phi) is 5.90. The maximum absolute atomic E-state index is 12.1. The summed E-state index contributed by atoms with van der Waals surface area (Å²) < 4.78 is 11.1. The number of para-hydroxylation sites is 1. The third kappa shape index (κ3) is 5.22. The van der Waals surface area contributed by atoms with E-state index in [4.69, 9.17) is 21.4 Å². The normalized spacial score (nSPS) is 14.1. The second-order valence-corrected chi connectivity index (χ2v) is 6.31. The number of rotatable bonds is 5. The van der Waals surface area contributed by atoms with Gasteiger partial charge in [-0.2, -0.15) is 0 Å². The van der Waals surface area contributed by atoms with Gasteiger partial charge in [0.05, 0.1) is 0 Å².